The van der Waals surface area contributed by atoms with Gasteiger partial charge in [0.05, 0.1) is 6.07 Å². The van der Waals surface area contributed by atoms with E-state index in [-0.39, 0.29) is 0 Å². The molecule has 0 saturated heterocycles. The zero-order chi connectivity index (χ0) is 14.2. The van der Waals surface area contributed by atoms with Crippen LogP contribution in [0.15, 0.2) is 0 Å². The molecule has 0 bridgehead atoms. The number of rotatable bonds is 6. The molecule has 0 aromatic carbocycles. The highest BCUT2D eigenvalue weighted by molar-refractivity contribution is 4.85. The number of unbranched alkanes of at least 4 members (excludes halogenated alkanes) is 2. The average molecular weight is 275 g/mol. The van der Waals surface area contributed by atoms with Gasteiger partial charge in [0.2, 0.25) is 0 Å². The van der Waals surface area contributed by atoms with Crippen LogP contribution in [0.3, 0.4) is 0 Å². The van der Waals surface area contributed by atoms with Crippen LogP contribution in [-0.4, -0.2) is 0 Å². The van der Waals surface area contributed by atoms with E-state index in [9.17, 15) is 0 Å². The van der Waals surface area contributed by atoms with Crippen molar-refractivity contribution in [1.82, 2.24) is 0 Å². The van der Waals surface area contributed by atoms with Gasteiger partial charge in [-0.3, -0.25) is 0 Å². The van der Waals surface area contributed by atoms with Crippen molar-refractivity contribution in [3.05, 3.63) is 0 Å². The van der Waals surface area contributed by atoms with Crippen LogP contribution in [-0.2, 0) is 0 Å². The minimum Gasteiger partial charge on any atom is -0.198 e. The molecule has 20 heavy (non-hydrogen) atoms. The highest BCUT2D eigenvalue weighted by Gasteiger charge is 2.30. The topological polar surface area (TPSA) is 23.8 Å². The normalized spacial score (nSPS) is 34.6. The van der Waals surface area contributed by atoms with Crippen molar-refractivity contribution in [2.45, 2.75) is 90.4 Å². The maximum atomic E-state index is 8.80. The minimum atomic E-state index is 0.724. The van der Waals surface area contributed by atoms with Gasteiger partial charge in [0, 0.05) is 6.42 Å². The Morgan fingerprint density at radius 1 is 0.800 bits per heavy atom. The van der Waals surface area contributed by atoms with Crippen LogP contribution < -0.4 is 0 Å². The first kappa shape index (κ1) is 15.9. The number of hydrogen-bond donors (Lipinski definition) is 0. The first-order valence-corrected chi connectivity index (χ1v) is 9.20. The van der Waals surface area contributed by atoms with Crippen LogP contribution in [0.1, 0.15) is 90.4 Å². The van der Waals surface area contributed by atoms with Gasteiger partial charge >= 0.3 is 0 Å². The maximum absolute atomic E-state index is 8.80. The van der Waals surface area contributed by atoms with E-state index >= 15 is 0 Å². The molecule has 0 N–H and O–H groups in total. The fourth-order valence-electron chi connectivity index (χ4n) is 4.62. The largest absolute Gasteiger partial charge is 0.198 e. The Hall–Kier alpha value is -0.510. The average Bonchev–Trinajstić information content (AvgIpc) is 2.49. The summed E-state index contributed by atoms with van der Waals surface area (Å²) < 4.78 is 0. The van der Waals surface area contributed by atoms with Crippen LogP contribution in [0.2, 0.25) is 0 Å². The Balaban J connectivity index is 1.63. The van der Waals surface area contributed by atoms with Crippen molar-refractivity contribution in [2.75, 3.05) is 0 Å². The SMILES string of the molecule is CCCCCC1CCC(C2CCC(CC#N)CC2)CC1. The van der Waals surface area contributed by atoms with E-state index in [0.29, 0.717) is 0 Å². The van der Waals surface area contributed by atoms with Crippen molar-refractivity contribution in [1.29, 1.82) is 5.26 Å². The molecule has 2 fully saturated rings. The lowest BCUT2D eigenvalue weighted by Gasteiger charge is -2.37. The molecule has 0 amide bonds. The molecule has 1 heteroatoms. The van der Waals surface area contributed by atoms with E-state index in [1.165, 1.54) is 77.0 Å². The zero-order valence-electron chi connectivity index (χ0n) is 13.4. The second kappa shape index (κ2) is 8.71. The Bertz CT molecular complexity index is 287. The monoisotopic (exact) mass is 275 g/mol. The third-order valence-electron chi connectivity index (χ3n) is 6.05. The van der Waals surface area contributed by atoms with Crippen molar-refractivity contribution in [3.63, 3.8) is 0 Å². The van der Waals surface area contributed by atoms with Crippen molar-refractivity contribution < 1.29 is 0 Å². The molecule has 0 spiro atoms. The highest BCUT2D eigenvalue weighted by atomic mass is 14.4. The second-order valence-electron chi connectivity index (χ2n) is 7.42. The standard InChI is InChI=1S/C19H33N/c1-2-3-4-5-16-6-10-18(11-7-16)19-12-8-17(9-13-19)14-15-20/h16-19H,2-14H2,1H3. The van der Waals surface area contributed by atoms with Gasteiger partial charge in [-0.1, -0.05) is 45.4 Å². The lowest BCUT2D eigenvalue weighted by Crippen LogP contribution is -2.25. The molecule has 0 unspecified atom stereocenters. The van der Waals surface area contributed by atoms with E-state index < -0.39 is 0 Å². The van der Waals surface area contributed by atoms with E-state index in [4.69, 9.17) is 5.26 Å². The Labute approximate surface area is 126 Å². The molecule has 0 aliphatic heterocycles. The van der Waals surface area contributed by atoms with Crippen molar-refractivity contribution in [3.8, 4) is 6.07 Å². The van der Waals surface area contributed by atoms with Gasteiger partial charge in [-0.2, -0.15) is 5.26 Å². The van der Waals surface area contributed by atoms with Gasteiger partial charge in [-0.05, 0) is 62.2 Å². The molecule has 2 aliphatic carbocycles. The fourth-order valence-corrected chi connectivity index (χ4v) is 4.62. The van der Waals surface area contributed by atoms with Crippen LogP contribution in [0, 0.1) is 35.0 Å². The van der Waals surface area contributed by atoms with Gasteiger partial charge < -0.3 is 0 Å². The molecule has 114 valence electrons. The molecule has 2 rings (SSSR count). The summed E-state index contributed by atoms with van der Waals surface area (Å²) in [6.45, 7) is 2.31. The predicted molar refractivity (Wildman–Crippen MR) is 85.3 cm³/mol. The molecule has 0 aromatic rings. The summed E-state index contributed by atoms with van der Waals surface area (Å²) >= 11 is 0. The quantitative estimate of drug-likeness (QED) is 0.538. The number of hydrogen-bond acceptors (Lipinski definition) is 1. The summed E-state index contributed by atoms with van der Waals surface area (Å²) in [5.74, 6) is 3.80. The van der Waals surface area contributed by atoms with E-state index in [1.54, 1.807) is 0 Å². The molecular weight excluding hydrogens is 242 g/mol. The number of nitrogens with zero attached hydrogens (tertiary/aromatic N) is 1. The third-order valence-corrected chi connectivity index (χ3v) is 6.05. The summed E-state index contributed by atoms with van der Waals surface area (Å²) in [6.07, 6.45) is 18.1. The Kier molecular flexibility index (Phi) is 6.91. The maximum Gasteiger partial charge on any atom is 0.0624 e. The van der Waals surface area contributed by atoms with E-state index in [2.05, 4.69) is 13.0 Å². The second-order valence-corrected chi connectivity index (χ2v) is 7.42. The van der Waals surface area contributed by atoms with E-state index in [0.717, 1.165) is 30.1 Å². The Morgan fingerprint density at radius 2 is 1.35 bits per heavy atom. The van der Waals surface area contributed by atoms with Gasteiger partial charge in [0.1, 0.15) is 0 Å². The molecule has 0 radical (unpaired) electrons. The lowest BCUT2D eigenvalue weighted by atomic mass is 9.68. The van der Waals surface area contributed by atoms with Gasteiger partial charge in [0.15, 0.2) is 0 Å². The van der Waals surface area contributed by atoms with Gasteiger partial charge in [-0.25, -0.2) is 0 Å². The van der Waals surface area contributed by atoms with Crippen molar-refractivity contribution >= 4 is 0 Å². The van der Waals surface area contributed by atoms with Crippen molar-refractivity contribution in [2.24, 2.45) is 23.7 Å². The minimum absolute atomic E-state index is 0.724. The fraction of sp³-hybridized carbons (Fsp3) is 0.947. The smallest absolute Gasteiger partial charge is 0.0624 e. The zero-order valence-corrected chi connectivity index (χ0v) is 13.4. The van der Waals surface area contributed by atoms with Crippen LogP contribution in [0.5, 0.6) is 0 Å². The predicted octanol–water partition coefficient (Wildman–Crippen LogP) is 6.09. The molecule has 2 aliphatic rings. The van der Waals surface area contributed by atoms with Crippen LogP contribution in [0.25, 0.3) is 0 Å². The first-order chi connectivity index (χ1) is 9.83. The van der Waals surface area contributed by atoms with Gasteiger partial charge in [0.25, 0.3) is 0 Å². The van der Waals surface area contributed by atoms with Crippen LogP contribution >= 0.6 is 0 Å². The molecule has 0 atom stereocenters. The molecule has 0 heterocycles. The summed E-state index contributed by atoms with van der Waals surface area (Å²) in [6, 6.07) is 2.36. The molecule has 2 saturated carbocycles. The van der Waals surface area contributed by atoms with Gasteiger partial charge in [-0.15, -0.1) is 0 Å². The van der Waals surface area contributed by atoms with Crippen LogP contribution in [0.4, 0.5) is 0 Å². The third kappa shape index (κ3) is 4.80. The first-order valence-electron chi connectivity index (χ1n) is 9.20. The highest BCUT2D eigenvalue weighted by Crippen LogP contribution is 2.42. The van der Waals surface area contributed by atoms with E-state index in [1.807, 2.05) is 0 Å². The number of nitriles is 1. The lowest BCUT2D eigenvalue weighted by molar-refractivity contribution is 0.143. The molecule has 0 aromatic heterocycles. The summed E-state index contributed by atoms with van der Waals surface area (Å²) in [7, 11) is 0. The molecule has 1 nitrogen and oxygen atoms in total. The molecular formula is C19H33N. The summed E-state index contributed by atoms with van der Waals surface area (Å²) in [4.78, 5) is 0. The summed E-state index contributed by atoms with van der Waals surface area (Å²) in [5.41, 5.74) is 0. The summed E-state index contributed by atoms with van der Waals surface area (Å²) in [5, 5.41) is 8.80. The Morgan fingerprint density at radius 3 is 1.85 bits per heavy atom.